The summed E-state index contributed by atoms with van der Waals surface area (Å²) in [5.74, 6) is 0.757. The van der Waals surface area contributed by atoms with Crippen LogP contribution in [0.4, 0.5) is 5.82 Å². The highest BCUT2D eigenvalue weighted by Crippen LogP contribution is 2.29. The third-order valence-corrected chi connectivity index (χ3v) is 3.73. The number of carbonyl (C=O) groups is 2. The Morgan fingerprint density at radius 3 is 2.54 bits per heavy atom. The van der Waals surface area contributed by atoms with Crippen molar-refractivity contribution in [3.63, 3.8) is 0 Å². The predicted molar refractivity (Wildman–Crippen MR) is 103 cm³/mol. The highest BCUT2D eigenvalue weighted by Gasteiger charge is 2.23. The number of rotatable bonds is 10. The summed E-state index contributed by atoms with van der Waals surface area (Å²) >= 11 is 0. The number of aromatic nitrogens is 1. The molecule has 1 unspecified atom stereocenters. The lowest BCUT2D eigenvalue weighted by atomic mass is 10.2. The Morgan fingerprint density at radius 2 is 1.93 bits per heavy atom. The minimum atomic E-state index is -0.962. The summed E-state index contributed by atoms with van der Waals surface area (Å²) in [6.45, 7) is 8.28. The van der Waals surface area contributed by atoms with E-state index in [2.05, 4.69) is 10.5 Å². The van der Waals surface area contributed by atoms with Crippen LogP contribution in [0.3, 0.4) is 0 Å². The van der Waals surface area contributed by atoms with Crippen LogP contribution in [0.15, 0.2) is 28.8 Å². The van der Waals surface area contributed by atoms with Gasteiger partial charge in [-0.1, -0.05) is 19.0 Å². The van der Waals surface area contributed by atoms with Crippen molar-refractivity contribution in [3.05, 3.63) is 35.6 Å². The number of esters is 1. The summed E-state index contributed by atoms with van der Waals surface area (Å²) < 4.78 is 21.5. The summed E-state index contributed by atoms with van der Waals surface area (Å²) in [6, 6.07) is 6.39. The molecule has 2 rings (SSSR count). The second-order valence-electron chi connectivity index (χ2n) is 6.06. The van der Waals surface area contributed by atoms with Crippen LogP contribution in [0.5, 0.6) is 11.5 Å². The number of aryl methyl sites for hydroxylation is 1. The van der Waals surface area contributed by atoms with E-state index in [4.69, 9.17) is 18.7 Å². The lowest BCUT2D eigenvalue weighted by Gasteiger charge is -2.16. The first-order valence-electron chi connectivity index (χ1n) is 9.33. The van der Waals surface area contributed by atoms with Gasteiger partial charge < -0.3 is 24.1 Å². The first-order chi connectivity index (χ1) is 13.5. The van der Waals surface area contributed by atoms with E-state index in [1.165, 1.54) is 0 Å². The minimum absolute atomic E-state index is 0.271. The van der Waals surface area contributed by atoms with Gasteiger partial charge in [-0.3, -0.25) is 4.79 Å². The van der Waals surface area contributed by atoms with Crippen molar-refractivity contribution in [1.82, 2.24) is 5.16 Å². The zero-order valence-corrected chi connectivity index (χ0v) is 16.6. The molecule has 2 aromatic rings. The van der Waals surface area contributed by atoms with E-state index in [9.17, 15) is 9.59 Å². The summed E-state index contributed by atoms with van der Waals surface area (Å²) in [4.78, 5) is 24.9. The van der Waals surface area contributed by atoms with Crippen LogP contribution in [0.2, 0.25) is 0 Å². The van der Waals surface area contributed by atoms with E-state index in [-0.39, 0.29) is 11.4 Å². The molecule has 0 aliphatic carbocycles. The van der Waals surface area contributed by atoms with Crippen LogP contribution in [0, 0.1) is 6.92 Å². The van der Waals surface area contributed by atoms with Crippen molar-refractivity contribution >= 4 is 17.7 Å². The van der Waals surface area contributed by atoms with Gasteiger partial charge in [0.05, 0.1) is 18.8 Å². The summed E-state index contributed by atoms with van der Waals surface area (Å²) in [5, 5.41) is 6.27. The molecule has 8 nitrogen and oxygen atoms in total. The molecule has 1 atom stereocenters. The smallest absolute Gasteiger partial charge is 0.339 e. The molecule has 0 radical (unpaired) electrons. The predicted octanol–water partition coefficient (Wildman–Crippen LogP) is 3.74. The topological polar surface area (TPSA) is 99.9 Å². The Morgan fingerprint density at radius 1 is 1.14 bits per heavy atom. The molecule has 28 heavy (non-hydrogen) atoms. The fraction of sp³-hybridized carbons (Fsp3) is 0.450. The standard InChI is InChI=1S/C20H26N2O6/c1-5-10-26-16-9-8-14(12-17(16)25-7-3)20(24)27-15(6-2)19(23)21-18-11-13(4)28-22-18/h8-9,11-12,15H,5-7,10H2,1-4H3,(H,21,22,23). The fourth-order valence-corrected chi connectivity index (χ4v) is 2.39. The van der Waals surface area contributed by atoms with E-state index in [1.807, 2.05) is 13.8 Å². The molecule has 8 heteroatoms. The Balaban J connectivity index is 2.08. The van der Waals surface area contributed by atoms with Crippen LogP contribution in [0.25, 0.3) is 0 Å². The van der Waals surface area contributed by atoms with Gasteiger partial charge >= 0.3 is 5.97 Å². The molecule has 0 aliphatic heterocycles. The van der Waals surface area contributed by atoms with Crippen LogP contribution in [0.1, 0.15) is 49.7 Å². The molecule has 0 bridgehead atoms. The Labute approximate surface area is 164 Å². The van der Waals surface area contributed by atoms with E-state index in [1.54, 1.807) is 38.1 Å². The number of benzene rings is 1. The van der Waals surface area contributed by atoms with Gasteiger partial charge in [-0.05, 0) is 44.9 Å². The number of amides is 1. The number of nitrogens with one attached hydrogen (secondary N) is 1. The number of carbonyl (C=O) groups excluding carboxylic acids is 2. The average molecular weight is 390 g/mol. The number of ether oxygens (including phenoxy) is 3. The number of nitrogens with zero attached hydrogens (tertiary/aromatic N) is 1. The second-order valence-corrected chi connectivity index (χ2v) is 6.06. The SMILES string of the molecule is CCCOc1ccc(C(=O)OC(CC)C(=O)Nc2cc(C)on2)cc1OCC. The first kappa shape index (κ1) is 21.3. The van der Waals surface area contributed by atoms with E-state index in [0.717, 1.165) is 6.42 Å². The van der Waals surface area contributed by atoms with Gasteiger partial charge in [0.25, 0.3) is 5.91 Å². The molecule has 0 aliphatic rings. The Kier molecular flexibility index (Phi) is 7.86. The quantitative estimate of drug-likeness (QED) is 0.617. The van der Waals surface area contributed by atoms with Crippen LogP contribution in [-0.4, -0.2) is 36.4 Å². The van der Waals surface area contributed by atoms with Crippen molar-refractivity contribution in [2.45, 2.75) is 46.6 Å². The zero-order valence-electron chi connectivity index (χ0n) is 16.6. The lowest BCUT2D eigenvalue weighted by Crippen LogP contribution is -2.32. The van der Waals surface area contributed by atoms with Gasteiger partial charge in [0.1, 0.15) is 5.76 Å². The largest absolute Gasteiger partial charge is 0.490 e. The maximum atomic E-state index is 12.5. The van der Waals surface area contributed by atoms with Crippen molar-refractivity contribution in [1.29, 1.82) is 0 Å². The molecule has 1 amide bonds. The van der Waals surface area contributed by atoms with Gasteiger partial charge in [0.2, 0.25) is 0 Å². The molecule has 152 valence electrons. The van der Waals surface area contributed by atoms with Crippen molar-refractivity contribution < 1.29 is 28.3 Å². The lowest BCUT2D eigenvalue weighted by molar-refractivity contribution is -0.124. The average Bonchev–Trinajstić information content (AvgIpc) is 3.09. The Bertz CT molecular complexity index is 802. The fourth-order valence-electron chi connectivity index (χ4n) is 2.39. The monoisotopic (exact) mass is 390 g/mol. The van der Waals surface area contributed by atoms with E-state index >= 15 is 0 Å². The first-order valence-corrected chi connectivity index (χ1v) is 9.33. The maximum absolute atomic E-state index is 12.5. The molecule has 0 saturated heterocycles. The zero-order chi connectivity index (χ0) is 20.5. The molecule has 1 N–H and O–H groups in total. The Hall–Kier alpha value is -3.03. The maximum Gasteiger partial charge on any atom is 0.339 e. The molecule has 1 aromatic heterocycles. The van der Waals surface area contributed by atoms with Crippen molar-refractivity contribution in [3.8, 4) is 11.5 Å². The van der Waals surface area contributed by atoms with Crippen LogP contribution in [-0.2, 0) is 9.53 Å². The normalized spacial score (nSPS) is 11.6. The summed E-state index contributed by atoms with van der Waals surface area (Å²) in [5.41, 5.74) is 0.274. The van der Waals surface area contributed by atoms with E-state index in [0.29, 0.717) is 36.9 Å². The number of anilines is 1. The summed E-state index contributed by atoms with van der Waals surface area (Å²) in [6.07, 6.45) is 0.203. The molecule has 1 aromatic carbocycles. The molecule has 0 fully saturated rings. The van der Waals surface area contributed by atoms with Crippen molar-refractivity contribution in [2.24, 2.45) is 0 Å². The van der Waals surface area contributed by atoms with Gasteiger partial charge in [-0.2, -0.15) is 0 Å². The van der Waals surface area contributed by atoms with Crippen LogP contribution >= 0.6 is 0 Å². The third kappa shape index (κ3) is 5.73. The molecule has 1 heterocycles. The minimum Gasteiger partial charge on any atom is -0.490 e. The van der Waals surface area contributed by atoms with Crippen molar-refractivity contribution in [2.75, 3.05) is 18.5 Å². The molecule has 0 saturated carbocycles. The molecule has 0 spiro atoms. The third-order valence-electron chi connectivity index (χ3n) is 3.73. The van der Waals surface area contributed by atoms with Gasteiger partial charge in [0, 0.05) is 6.07 Å². The summed E-state index contributed by atoms with van der Waals surface area (Å²) in [7, 11) is 0. The second kappa shape index (κ2) is 10.3. The van der Waals surface area contributed by atoms with Gasteiger partial charge in [0.15, 0.2) is 23.4 Å². The molecular formula is C20H26N2O6. The molecular weight excluding hydrogens is 364 g/mol. The number of hydrogen-bond donors (Lipinski definition) is 1. The van der Waals surface area contributed by atoms with Gasteiger partial charge in [-0.25, -0.2) is 4.79 Å². The number of hydrogen-bond acceptors (Lipinski definition) is 7. The van der Waals surface area contributed by atoms with E-state index < -0.39 is 18.0 Å². The highest BCUT2D eigenvalue weighted by atomic mass is 16.5. The van der Waals surface area contributed by atoms with Gasteiger partial charge in [-0.15, -0.1) is 0 Å². The highest BCUT2D eigenvalue weighted by molar-refractivity contribution is 5.97. The van der Waals surface area contributed by atoms with Crippen LogP contribution < -0.4 is 14.8 Å².